The van der Waals surface area contributed by atoms with E-state index in [0.717, 1.165) is 16.3 Å². The van der Waals surface area contributed by atoms with Crippen LogP contribution in [0.1, 0.15) is 30.8 Å². The van der Waals surface area contributed by atoms with Crippen molar-refractivity contribution in [1.29, 1.82) is 0 Å². The highest BCUT2D eigenvalue weighted by Gasteiger charge is 2.26. The molecule has 0 bridgehead atoms. The summed E-state index contributed by atoms with van der Waals surface area (Å²) in [5.74, 6) is 0.0384. The van der Waals surface area contributed by atoms with Crippen LogP contribution in [0.25, 0.3) is 27.9 Å². The number of aliphatic hydroxyl groups excluding tert-OH is 1. The normalized spacial score (nSPS) is 11.3. The molecule has 0 aliphatic rings. The van der Waals surface area contributed by atoms with Crippen molar-refractivity contribution in [3.05, 3.63) is 122 Å². The minimum atomic E-state index is -0.629. The van der Waals surface area contributed by atoms with Gasteiger partial charge in [0.2, 0.25) is 0 Å². The predicted octanol–water partition coefficient (Wildman–Crippen LogP) is 5.27. The van der Waals surface area contributed by atoms with Crippen molar-refractivity contribution in [2.45, 2.75) is 33.6 Å². The van der Waals surface area contributed by atoms with Crippen LogP contribution in [-0.4, -0.2) is 37.2 Å². The van der Waals surface area contributed by atoms with Gasteiger partial charge in [-0.15, -0.1) is 5.10 Å². The first-order valence-corrected chi connectivity index (χ1v) is 14.0. The average molecular weight is 605 g/mol. The topological polar surface area (TPSA) is 101 Å². The fourth-order valence-corrected chi connectivity index (χ4v) is 5.24. The third-order valence-electron chi connectivity index (χ3n) is 6.88. The first-order valence-electron chi connectivity index (χ1n) is 13.6. The third-order valence-corrected chi connectivity index (χ3v) is 7.26. The number of allylic oxidation sites excluding steroid dienone is 1. The highest BCUT2D eigenvalue weighted by molar-refractivity contribution is 6.34. The molecule has 0 fully saturated rings. The van der Waals surface area contributed by atoms with E-state index in [1.54, 1.807) is 25.1 Å². The number of rotatable bonds is 11. The second-order valence-corrected chi connectivity index (χ2v) is 10.2. The molecule has 2 heterocycles. The summed E-state index contributed by atoms with van der Waals surface area (Å²) >= 11 is 6.76. The Kier molecular flexibility index (Phi) is 8.91. The van der Waals surface area contributed by atoms with E-state index in [0.29, 0.717) is 35.5 Å². The number of benzene rings is 3. The lowest BCUT2D eigenvalue weighted by Gasteiger charge is -2.21. The van der Waals surface area contributed by atoms with Crippen molar-refractivity contribution in [1.82, 2.24) is 18.9 Å². The van der Waals surface area contributed by atoms with E-state index in [4.69, 9.17) is 21.1 Å². The van der Waals surface area contributed by atoms with Gasteiger partial charge < -0.3 is 14.6 Å². The van der Waals surface area contributed by atoms with Crippen molar-refractivity contribution in [3.8, 4) is 17.3 Å². The molecule has 0 aliphatic carbocycles. The van der Waals surface area contributed by atoms with Crippen LogP contribution >= 0.6 is 11.6 Å². The Morgan fingerprint density at radius 1 is 1.05 bits per heavy atom. The lowest BCUT2D eigenvalue weighted by atomic mass is 10.0. The van der Waals surface area contributed by atoms with Crippen LogP contribution in [-0.2, 0) is 24.5 Å². The van der Waals surface area contributed by atoms with E-state index in [1.807, 2.05) is 37.3 Å². The van der Waals surface area contributed by atoms with E-state index in [9.17, 15) is 19.1 Å². The molecule has 222 valence electrons. The fourth-order valence-electron chi connectivity index (χ4n) is 4.98. The molecule has 0 unspecified atom stereocenters. The van der Waals surface area contributed by atoms with Crippen molar-refractivity contribution in [2.24, 2.45) is 0 Å². The summed E-state index contributed by atoms with van der Waals surface area (Å²) in [5, 5.41) is 14.4. The second-order valence-electron chi connectivity index (χ2n) is 9.80. The molecule has 0 aliphatic heterocycles. The Balaban J connectivity index is 1.78. The number of ether oxygens (including phenoxy) is 2. The minimum Gasteiger partial charge on any atom is -0.490 e. The molecule has 0 radical (unpaired) electrons. The van der Waals surface area contributed by atoms with Crippen LogP contribution < -0.4 is 16.0 Å². The van der Waals surface area contributed by atoms with Gasteiger partial charge in [-0.2, -0.15) is 4.68 Å². The Labute approximate surface area is 251 Å². The Morgan fingerprint density at radius 2 is 1.81 bits per heavy atom. The van der Waals surface area contributed by atoms with Crippen LogP contribution in [0.15, 0.2) is 82.9 Å². The molecular formula is C32H30ClFN4O5. The van der Waals surface area contributed by atoms with Gasteiger partial charge in [0.25, 0.3) is 5.56 Å². The fraction of sp³-hybridized carbons (Fsp3) is 0.219. The number of nitrogens with zero attached hydrogens (tertiary/aromatic N) is 4. The number of fused-ring (bicyclic) bond motifs is 1. The van der Waals surface area contributed by atoms with Crippen molar-refractivity contribution in [3.63, 3.8) is 0 Å². The second kappa shape index (κ2) is 12.8. The number of hydrogen-bond acceptors (Lipinski definition) is 6. The molecular weight excluding hydrogens is 575 g/mol. The number of aliphatic hydroxyl groups is 1. The van der Waals surface area contributed by atoms with Gasteiger partial charge in [0, 0.05) is 12.1 Å². The van der Waals surface area contributed by atoms with Gasteiger partial charge in [-0.1, -0.05) is 60.6 Å². The lowest BCUT2D eigenvalue weighted by Crippen LogP contribution is -2.31. The van der Waals surface area contributed by atoms with Crippen LogP contribution in [0.2, 0.25) is 5.02 Å². The van der Waals surface area contributed by atoms with Crippen LogP contribution in [0.5, 0.6) is 5.75 Å². The molecule has 5 aromatic rings. The van der Waals surface area contributed by atoms with Gasteiger partial charge in [-0.05, 0) is 54.6 Å². The molecule has 9 nitrogen and oxygen atoms in total. The molecule has 1 N–H and O–H groups in total. The maximum atomic E-state index is 14.5. The summed E-state index contributed by atoms with van der Waals surface area (Å²) < 4.78 is 29.8. The van der Waals surface area contributed by atoms with E-state index >= 15 is 0 Å². The largest absolute Gasteiger partial charge is 0.490 e. The summed E-state index contributed by atoms with van der Waals surface area (Å²) in [7, 11) is 0. The van der Waals surface area contributed by atoms with Gasteiger partial charge in [-0.3, -0.25) is 13.9 Å². The number of pyridine rings is 1. The first kappa shape index (κ1) is 30.0. The maximum absolute atomic E-state index is 14.5. The molecule has 5 rings (SSSR count). The Morgan fingerprint density at radius 3 is 2.51 bits per heavy atom. The van der Waals surface area contributed by atoms with E-state index in [1.165, 1.54) is 21.3 Å². The number of aromatic nitrogens is 4. The quantitative estimate of drug-likeness (QED) is 0.220. The standard InChI is InChI=1S/C32H30ClFN4O5/c1-4-36-27(19-42-18-21-9-6-5-7-10-21)35-38(32(36)41)30-28(20(2)3)23-14-13-22(34)17-24(23)31(40)37(30)25-11-8-12-26(29(25)33)43-16-15-39/h5-14,17,39H,2,4,15-16,18-19H2,1,3H3. The van der Waals surface area contributed by atoms with Crippen molar-refractivity contribution < 1.29 is 19.0 Å². The van der Waals surface area contributed by atoms with E-state index < -0.39 is 17.1 Å². The average Bonchev–Trinajstić information content (AvgIpc) is 3.31. The molecule has 11 heteroatoms. The van der Waals surface area contributed by atoms with Gasteiger partial charge in [0.15, 0.2) is 11.6 Å². The zero-order valence-electron chi connectivity index (χ0n) is 23.7. The zero-order valence-corrected chi connectivity index (χ0v) is 24.5. The molecule has 0 saturated heterocycles. The molecule has 0 spiro atoms. The Hall–Kier alpha value is -4.51. The van der Waals surface area contributed by atoms with Gasteiger partial charge in [0.1, 0.15) is 29.8 Å². The van der Waals surface area contributed by atoms with Crippen molar-refractivity contribution >= 4 is 27.9 Å². The van der Waals surface area contributed by atoms with Crippen LogP contribution in [0, 0.1) is 5.82 Å². The van der Waals surface area contributed by atoms with Gasteiger partial charge in [-0.25, -0.2) is 9.18 Å². The lowest BCUT2D eigenvalue weighted by molar-refractivity contribution is 0.0989. The molecule has 2 aromatic heterocycles. The molecule has 3 aromatic carbocycles. The summed E-state index contributed by atoms with van der Waals surface area (Å²) in [6.45, 7) is 8.01. The minimum absolute atomic E-state index is 0.0294. The monoisotopic (exact) mass is 604 g/mol. The molecule has 0 atom stereocenters. The summed E-state index contributed by atoms with van der Waals surface area (Å²) in [4.78, 5) is 28.1. The number of halogens is 2. The summed E-state index contributed by atoms with van der Waals surface area (Å²) in [5.41, 5.74) is 0.907. The molecule has 43 heavy (non-hydrogen) atoms. The zero-order chi connectivity index (χ0) is 30.7. The van der Waals surface area contributed by atoms with Gasteiger partial charge >= 0.3 is 5.69 Å². The van der Waals surface area contributed by atoms with Crippen LogP contribution in [0.3, 0.4) is 0 Å². The highest BCUT2D eigenvalue weighted by Crippen LogP contribution is 2.35. The summed E-state index contributed by atoms with van der Waals surface area (Å²) in [6.07, 6.45) is 0. The van der Waals surface area contributed by atoms with E-state index in [-0.39, 0.29) is 47.5 Å². The van der Waals surface area contributed by atoms with Crippen molar-refractivity contribution in [2.75, 3.05) is 13.2 Å². The first-order chi connectivity index (χ1) is 20.8. The number of hydrogen-bond donors (Lipinski definition) is 1. The summed E-state index contributed by atoms with van der Waals surface area (Å²) in [6, 6.07) is 18.3. The molecule has 0 amide bonds. The smallest absolute Gasteiger partial charge is 0.352 e. The molecule has 0 saturated carbocycles. The van der Waals surface area contributed by atoms with E-state index in [2.05, 4.69) is 11.7 Å². The SMILES string of the molecule is C=C(C)c1c(-n2nc(COCc3ccccc3)n(CC)c2=O)n(-c2cccc(OCCO)c2Cl)c(=O)c2cc(F)ccc12. The third kappa shape index (κ3) is 5.77. The van der Waals surface area contributed by atoms with Gasteiger partial charge in [0.05, 0.1) is 24.3 Å². The maximum Gasteiger partial charge on any atom is 0.352 e. The Bertz CT molecular complexity index is 1930. The van der Waals surface area contributed by atoms with Crippen LogP contribution in [0.4, 0.5) is 4.39 Å². The highest BCUT2D eigenvalue weighted by atomic mass is 35.5. The predicted molar refractivity (Wildman–Crippen MR) is 164 cm³/mol.